The SMILES string of the molecule is CC(C)(N)C(=O)N1CCC(c2ccc(CC(=O)c3ncc(C#N)[nH]3)c(C3=CCCCC3)c2)CC1. The Labute approximate surface area is 201 Å². The number of allylic oxidation sites excluding steroid dienone is 2. The number of aromatic amines is 1. The summed E-state index contributed by atoms with van der Waals surface area (Å²) < 4.78 is 0. The molecule has 7 nitrogen and oxygen atoms in total. The highest BCUT2D eigenvalue weighted by molar-refractivity contribution is 5.95. The van der Waals surface area contributed by atoms with Gasteiger partial charge in [0, 0.05) is 19.5 Å². The van der Waals surface area contributed by atoms with Crippen molar-refractivity contribution in [2.24, 2.45) is 5.73 Å². The lowest BCUT2D eigenvalue weighted by atomic mass is 9.83. The molecule has 0 spiro atoms. The molecular formula is C27H33N5O2. The second-order valence-corrected chi connectivity index (χ2v) is 10.0. The van der Waals surface area contributed by atoms with Crippen molar-refractivity contribution in [3.05, 3.63) is 58.7 Å². The van der Waals surface area contributed by atoms with Crippen LogP contribution in [0.15, 0.2) is 30.5 Å². The summed E-state index contributed by atoms with van der Waals surface area (Å²) in [5.74, 6) is 0.485. The van der Waals surface area contributed by atoms with Crippen molar-refractivity contribution >= 4 is 17.3 Å². The molecule has 2 aromatic rings. The molecule has 0 bridgehead atoms. The van der Waals surface area contributed by atoms with Crippen LogP contribution in [0, 0.1) is 11.3 Å². The Morgan fingerprint density at radius 1 is 1.26 bits per heavy atom. The number of nitrogens with two attached hydrogens (primary N) is 1. The summed E-state index contributed by atoms with van der Waals surface area (Å²) in [5, 5.41) is 9.01. The van der Waals surface area contributed by atoms with Crippen LogP contribution in [-0.2, 0) is 11.2 Å². The van der Waals surface area contributed by atoms with E-state index < -0.39 is 5.54 Å². The van der Waals surface area contributed by atoms with E-state index in [2.05, 4.69) is 34.2 Å². The first-order chi connectivity index (χ1) is 16.3. The van der Waals surface area contributed by atoms with Crippen LogP contribution in [-0.4, -0.2) is 45.2 Å². The quantitative estimate of drug-likeness (QED) is 0.631. The summed E-state index contributed by atoms with van der Waals surface area (Å²) >= 11 is 0. The van der Waals surface area contributed by atoms with E-state index in [0.29, 0.717) is 19.0 Å². The zero-order valence-corrected chi connectivity index (χ0v) is 20.1. The first-order valence-electron chi connectivity index (χ1n) is 12.1. The molecule has 178 valence electrons. The van der Waals surface area contributed by atoms with E-state index in [9.17, 15) is 9.59 Å². The molecule has 0 atom stereocenters. The zero-order chi connectivity index (χ0) is 24.3. The molecule has 34 heavy (non-hydrogen) atoms. The maximum atomic E-state index is 12.9. The van der Waals surface area contributed by atoms with Gasteiger partial charge in [-0.2, -0.15) is 5.26 Å². The maximum absolute atomic E-state index is 12.9. The molecule has 0 unspecified atom stereocenters. The molecule has 3 N–H and O–H groups in total. The van der Waals surface area contributed by atoms with Gasteiger partial charge >= 0.3 is 0 Å². The molecule has 2 aliphatic rings. The number of likely N-dealkylation sites (tertiary alicyclic amines) is 1. The van der Waals surface area contributed by atoms with Gasteiger partial charge in [0.1, 0.15) is 11.8 Å². The van der Waals surface area contributed by atoms with E-state index in [1.807, 2.05) is 11.0 Å². The number of nitrogens with one attached hydrogen (secondary N) is 1. The smallest absolute Gasteiger partial charge is 0.242 e. The molecule has 1 aromatic heterocycles. The molecule has 0 radical (unpaired) electrons. The minimum Gasteiger partial charge on any atom is -0.341 e. The fraction of sp³-hybridized carbons (Fsp3) is 0.481. The van der Waals surface area contributed by atoms with Gasteiger partial charge in [0.25, 0.3) is 0 Å². The number of hydrogen-bond donors (Lipinski definition) is 2. The number of ketones is 1. The number of imidazole rings is 1. The van der Waals surface area contributed by atoms with Crippen molar-refractivity contribution in [1.82, 2.24) is 14.9 Å². The lowest BCUT2D eigenvalue weighted by Crippen LogP contribution is -2.53. The Morgan fingerprint density at radius 3 is 2.65 bits per heavy atom. The number of carbonyl (C=O) groups excluding carboxylic acids is 2. The number of H-pyrrole nitrogens is 1. The van der Waals surface area contributed by atoms with Gasteiger partial charge < -0.3 is 15.6 Å². The number of rotatable bonds is 6. The number of amides is 1. The Balaban J connectivity index is 1.55. The van der Waals surface area contributed by atoms with E-state index in [1.54, 1.807) is 13.8 Å². The second kappa shape index (κ2) is 9.94. The first-order valence-corrected chi connectivity index (χ1v) is 12.1. The van der Waals surface area contributed by atoms with Crippen LogP contribution in [0.5, 0.6) is 0 Å². The third-order valence-corrected chi connectivity index (χ3v) is 6.89. The van der Waals surface area contributed by atoms with Gasteiger partial charge in [-0.15, -0.1) is 0 Å². The van der Waals surface area contributed by atoms with Gasteiger partial charge in [-0.25, -0.2) is 4.98 Å². The minimum atomic E-state index is -0.844. The van der Waals surface area contributed by atoms with Gasteiger partial charge in [0.15, 0.2) is 5.82 Å². The van der Waals surface area contributed by atoms with E-state index in [1.165, 1.54) is 23.8 Å². The monoisotopic (exact) mass is 459 g/mol. The van der Waals surface area contributed by atoms with Crippen LogP contribution in [0.4, 0.5) is 0 Å². The highest BCUT2D eigenvalue weighted by Crippen LogP contribution is 2.35. The summed E-state index contributed by atoms with van der Waals surface area (Å²) in [4.78, 5) is 34.2. The van der Waals surface area contributed by atoms with Crippen LogP contribution in [0.3, 0.4) is 0 Å². The Hall–Kier alpha value is -3.24. The molecule has 0 saturated carbocycles. The van der Waals surface area contributed by atoms with Crippen molar-refractivity contribution < 1.29 is 9.59 Å². The standard InChI is InChI=1S/C27H33N5O2/c1-27(2,29)26(34)32-12-10-18(11-13-32)20-8-9-21(23(14-20)19-6-4-3-5-7-19)15-24(33)25-30-17-22(16-28)31-25/h6,8-9,14,17-18H,3-5,7,10-13,15,29H2,1-2H3,(H,30,31). The largest absolute Gasteiger partial charge is 0.341 e. The maximum Gasteiger partial charge on any atom is 0.242 e. The van der Waals surface area contributed by atoms with Crippen molar-refractivity contribution in [1.29, 1.82) is 5.26 Å². The van der Waals surface area contributed by atoms with Gasteiger partial charge in [-0.05, 0) is 80.6 Å². The molecule has 1 aromatic carbocycles. The number of piperidine rings is 1. The highest BCUT2D eigenvalue weighted by atomic mass is 16.2. The van der Waals surface area contributed by atoms with E-state index >= 15 is 0 Å². The van der Waals surface area contributed by atoms with E-state index in [-0.39, 0.29) is 29.6 Å². The molecule has 1 amide bonds. The summed E-state index contributed by atoms with van der Waals surface area (Å²) in [6.45, 7) is 4.94. The highest BCUT2D eigenvalue weighted by Gasteiger charge is 2.31. The average Bonchev–Trinajstić information content (AvgIpc) is 3.34. The minimum absolute atomic E-state index is 0.00495. The summed E-state index contributed by atoms with van der Waals surface area (Å²) in [5.41, 5.74) is 10.2. The fourth-order valence-corrected chi connectivity index (χ4v) is 4.98. The normalized spacial score (nSPS) is 17.2. The van der Waals surface area contributed by atoms with E-state index in [0.717, 1.165) is 43.2 Å². The lowest BCUT2D eigenvalue weighted by Gasteiger charge is -2.36. The van der Waals surface area contributed by atoms with Crippen LogP contribution in [0.25, 0.3) is 5.57 Å². The third kappa shape index (κ3) is 5.28. The summed E-state index contributed by atoms with van der Waals surface area (Å²) in [6.07, 6.45) is 10.2. The van der Waals surface area contributed by atoms with Crippen LogP contribution >= 0.6 is 0 Å². The summed E-state index contributed by atoms with van der Waals surface area (Å²) in [7, 11) is 0. The van der Waals surface area contributed by atoms with Crippen molar-refractivity contribution in [3.63, 3.8) is 0 Å². The number of Topliss-reactive ketones (excluding diaryl/α,β-unsaturated/α-hetero) is 1. The number of benzene rings is 1. The Morgan fingerprint density at radius 2 is 2.03 bits per heavy atom. The zero-order valence-electron chi connectivity index (χ0n) is 20.1. The molecule has 4 rings (SSSR count). The fourth-order valence-electron chi connectivity index (χ4n) is 4.98. The molecule has 7 heteroatoms. The van der Waals surface area contributed by atoms with Crippen molar-refractivity contribution in [2.45, 2.75) is 70.3 Å². The van der Waals surface area contributed by atoms with Crippen LogP contribution in [0.1, 0.15) is 91.3 Å². The van der Waals surface area contributed by atoms with Crippen LogP contribution < -0.4 is 5.73 Å². The van der Waals surface area contributed by atoms with Gasteiger partial charge in [-0.3, -0.25) is 9.59 Å². The second-order valence-electron chi connectivity index (χ2n) is 10.0. The molecule has 1 aliphatic carbocycles. The molecule has 1 fully saturated rings. The van der Waals surface area contributed by atoms with Crippen LogP contribution in [0.2, 0.25) is 0 Å². The van der Waals surface area contributed by atoms with Gasteiger partial charge in [0.2, 0.25) is 11.7 Å². The predicted octanol–water partition coefficient (Wildman–Crippen LogP) is 4.11. The number of hydrogen-bond acceptors (Lipinski definition) is 5. The number of aromatic nitrogens is 2. The molecular weight excluding hydrogens is 426 g/mol. The first kappa shape index (κ1) is 23.9. The lowest BCUT2D eigenvalue weighted by molar-refractivity contribution is -0.136. The van der Waals surface area contributed by atoms with E-state index in [4.69, 9.17) is 11.0 Å². The number of nitriles is 1. The average molecular weight is 460 g/mol. The molecule has 2 heterocycles. The Kier molecular flexibility index (Phi) is 6.99. The number of carbonyl (C=O) groups is 2. The number of nitrogens with zero attached hydrogens (tertiary/aromatic N) is 3. The molecule has 1 aliphatic heterocycles. The molecule has 1 saturated heterocycles. The van der Waals surface area contributed by atoms with Gasteiger partial charge in [0.05, 0.1) is 11.7 Å². The predicted molar refractivity (Wildman–Crippen MR) is 131 cm³/mol. The summed E-state index contributed by atoms with van der Waals surface area (Å²) in [6, 6.07) is 8.45. The Bertz CT molecular complexity index is 1140. The van der Waals surface area contributed by atoms with Crippen molar-refractivity contribution in [2.75, 3.05) is 13.1 Å². The topological polar surface area (TPSA) is 116 Å². The van der Waals surface area contributed by atoms with Crippen molar-refractivity contribution in [3.8, 4) is 6.07 Å². The van der Waals surface area contributed by atoms with Gasteiger partial charge in [-0.1, -0.05) is 24.3 Å². The third-order valence-electron chi connectivity index (χ3n) is 6.89.